The van der Waals surface area contributed by atoms with Gasteiger partial charge in [0.15, 0.2) is 5.76 Å². The second-order valence-electron chi connectivity index (χ2n) is 7.16. The molecule has 1 aliphatic rings. The first-order chi connectivity index (χ1) is 11.2. The Morgan fingerprint density at radius 3 is 2.50 bits per heavy atom. The van der Waals surface area contributed by atoms with Gasteiger partial charge in [-0.2, -0.15) is 0 Å². The number of aliphatic carboxylic acids is 1. The van der Waals surface area contributed by atoms with Gasteiger partial charge in [-0.05, 0) is 51.7 Å². The van der Waals surface area contributed by atoms with Gasteiger partial charge in [0.1, 0.15) is 5.58 Å². The number of hydrogen-bond acceptors (Lipinski definition) is 3. The number of hydrogen-bond donors (Lipinski definition) is 1. The molecule has 1 aromatic heterocycles. The van der Waals surface area contributed by atoms with Crippen LogP contribution in [0.15, 0.2) is 16.5 Å². The number of nitrogens with zero attached hydrogens (tertiary/aromatic N) is 1. The smallest absolute Gasteiger partial charge is 0.311 e. The molecule has 0 radical (unpaired) electrons. The van der Waals surface area contributed by atoms with E-state index in [0.717, 1.165) is 27.7 Å². The molecule has 3 rings (SSSR count). The first-order valence-corrected chi connectivity index (χ1v) is 8.26. The molecular weight excluding hydrogens is 306 g/mol. The quantitative estimate of drug-likeness (QED) is 0.912. The number of aryl methyl sites for hydroxylation is 3. The summed E-state index contributed by atoms with van der Waals surface area (Å²) in [7, 11) is 0. The predicted molar refractivity (Wildman–Crippen MR) is 91.3 cm³/mol. The van der Waals surface area contributed by atoms with E-state index < -0.39 is 11.4 Å². The number of rotatable bonds is 2. The number of benzene rings is 1. The molecule has 24 heavy (non-hydrogen) atoms. The van der Waals surface area contributed by atoms with Gasteiger partial charge >= 0.3 is 5.97 Å². The van der Waals surface area contributed by atoms with Gasteiger partial charge in [-0.1, -0.05) is 12.1 Å². The Bertz CT molecular complexity index is 835. The van der Waals surface area contributed by atoms with E-state index in [1.165, 1.54) is 0 Å². The van der Waals surface area contributed by atoms with Crippen LogP contribution in [0.2, 0.25) is 0 Å². The molecule has 2 heterocycles. The van der Waals surface area contributed by atoms with Gasteiger partial charge in [-0.25, -0.2) is 0 Å². The first-order valence-electron chi connectivity index (χ1n) is 8.26. The van der Waals surface area contributed by atoms with Gasteiger partial charge in [0.2, 0.25) is 0 Å². The van der Waals surface area contributed by atoms with Crippen LogP contribution in [-0.2, 0) is 4.79 Å². The highest BCUT2D eigenvalue weighted by Crippen LogP contribution is 2.34. The Morgan fingerprint density at radius 1 is 1.21 bits per heavy atom. The van der Waals surface area contributed by atoms with Crippen LogP contribution in [0.5, 0.6) is 0 Å². The van der Waals surface area contributed by atoms with Crippen molar-refractivity contribution in [3.63, 3.8) is 0 Å². The van der Waals surface area contributed by atoms with Crippen LogP contribution in [-0.4, -0.2) is 35.0 Å². The van der Waals surface area contributed by atoms with Crippen molar-refractivity contribution < 1.29 is 19.1 Å². The summed E-state index contributed by atoms with van der Waals surface area (Å²) in [5.41, 5.74) is 2.75. The second kappa shape index (κ2) is 5.65. The summed E-state index contributed by atoms with van der Waals surface area (Å²) in [6.45, 7) is 8.34. The zero-order valence-electron chi connectivity index (χ0n) is 14.6. The molecular formula is C19H23NO4. The molecule has 2 aromatic rings. The van der Waals surface area contributed by atoms with Crippen molar-refractivity contribution >= 4 is 22.8 Å². The summed E-state index contributed by atoms with van der Waals surface area (Å²) in [6, 6.07) is 4.01. The Hall–Kier alpha value is -2.30. The summed E-state index contributed by atoms with van der Waals surface area (Å²) in [6.07, 6.45) is 1.27. The maximum absolute atomic E-state index is 13.0. The molecule has 1 aliphatic heterocycles. The number of carboxylic acid groups (broad SMARTS) is 1. The molecule has 0 aliphatic carbocycles. The number of amides is 1. The van der Waals surface area contributed by atoms with Gasteiger partial charge < -0.3 is 14.4 Å². The standard InChI is InChI=1S/C19H23NO4/c1-11-6-7-12(2)15-14(11)13(3)16(24-15)17(21)20-9-5-8-19(4,10-20)18(22)23/h6-7H,5,8-10H2,1-4H3,(H,22,23). The lowest BCUT2D eigenvalue weighted by Crippen LogP contribution is -2.48. The normalized spacial score (nSPS) is 21.2. The highest BCUT2D eigenvalue weighted by molar-refractivity contribution is 6.00. The zero-order chi connectivity index (χ0) is 17.6. The van der Waals surface area contributed by atoms with E-state index in [4.69, 9.17) is 4.42 Å². The van der Waals surface area contributed by atoms with Crippen LogP contribution in [0.3, 0.4) is 0 Å². The van der Waals surface area contributed by atoms with E-state index in [1.54, 1.807) is 11.8 Å². The zero-order valence-corrected chi connectivity index (χ0v) is 14.6. The SMILES string of the molecule is Cc1ccc(C)c2c(C)c(C(=O)N3CCCC(C)(C(=O)O)C3)oc12. The molecule has 1 atom stereocenters. The van der Waals surface area contributed by atoms with Crippen molar-refractivity contribution in [2.75, 3.05) is 13.1 Å². The van der Waals surface area contributed by atoms with Crippen molar-refractivity contribution in [2.45, 2.75) is 40.5 Å². The fraction of sp³-hybridized carbons (Fsp3) is 0.474. The van der Waals surface area contributed by atoms with E-state index in [2.05, 4.69) is 0 Å². The van der Waals surface area contributed by atoms with E-state index in [9.17, 15) is 14.7 Å². The van der Waals surface area contributed by atoms with Crippen molar-refractivity contribution in [3.05, 3.63) is 34.6 Å². The number of piperidine rings is 1. The highest BCUT2D eigenvalue weighted by atomic mass is 16.4. The van der Waals surface area contributed by atoms with E-state index in [1.807, 2.05) is 32.9 Å². The average molecular weight is 329 g/mol. The molecule has 5 heteroatoms. The Labute approximate surface area is 141 Å². The Kier molecular flexibility index (Phi) is 3.90. The van der Waals surface area contributed by atoms with Crippen LogP contribution < -0.4 is 0 Å². The largest absolute Gasteiger partial charge is 0.481 e. The summed E-state index contributed by atoms with van der Waals surface area (Å²) >= 11 is 0. The number of carbonyl (C=O) groups is 2. The molecule has 1 fully saturated rings. The Morgan fingerprint density at radius 2 is 1.88 bits per heavy atom. The topological polar surface area (TPSA) is 70.8 Å². The molecule has 1 amide bonds. The summed E-state index contributed by atoms with van der Waals surface area (Å²) in [5, 5.41) is 10.4. The summed E-state index contributed by atoms with van der Waals surface area (Å²) < 4.78 is 5.92. The summed E-state index contributed by atoms with van der Waals surface area (Å²) in [5.74, 6) is -0.736. The molecule has 1 unspecified atom stereocenters. The number of carbonyl (C=O) groups excluding carboxylic acids is 1. The van der Waals surface area contributed by atoms with Crippen LogP contribution in [0, 0.1) is 26.2 Å². The van der Waals surface area contributed by atoms with Crippen LogP contribution in [0.25, 0.3) is 11.0 Å². The van der Waals surface area contributed by atoms with Crippen molar-refractivity contribution in [1.82, 2.24) is 4.90 Å². The lowest BCUT2D eigenvalue weighted by atomic mass is 9.82. The van der Waals surface area contributed by atoms with Gasteiger partial charge in [0.25, 0.3) is 5.91 Å². The van der Waals surface area contributed by atoms with Crippen molar-refractivity contribution in [1.29, 1.82) is 0 Å². The molecule has 128 valence electrons. The minimum absolute atomic E-state index is 0.213. The third-order valence-electron chi connectivity index (χ3n) is 5.18. The molecule has 0 bridgehead atoms. The highest BCUT2D eigenvalue weighted by Gasteiger charge is 2.40. The van der Waals surface area contributed by atoms with E-state index in [0.29, 0.717) is 25.1 Å². The van der Waals surface area contributed by atoms with Crippen molar-refractivity contribution in [2.24, 2.45) is 5.41 Å². The molecule has 0 saturated carbocycles. The number of carboxylic acids is 1. The molecule has 1 aromatic carbocycles. The van der Waals surface area contributed by atoms with Gasteiger partial charge in [-0.15, -0.1) is 0 Å². The number of likely N-dealkylation sites (tertiary alicyclic amines) is 1. The van der Waals surface area contributed by atoms with Gasteiger partial charge in [0.05, 0.1) is 5.41 Å². The monoisotopic (exact) mass is 329 g/mol. The molecule has 1 N–H and O–H groups in total. The molecule has 1 saturated heterocycles. The van der Waals surface area contributed by atoms with Gasteiger partial charge in [-0.3, -0.25) is 9.59 Å². The maximum Gasteiger partial charge on any atom is 0.311 e. The van der Waals surface area contributed by atoms with Gasteiger partial charge in [0, 0.05) is 24.0 Å². The van der Waals surface area contributed by atoms with Crippen LogP contribution >= 0.6 is 0 Å². The van der Waals surface area contributed by atoms with Crippen LogP contribution in [0.4, 0.5) is 0 Å². The fourth-order valence-electron chi connectivity index (χ4n) is 3.61. The second-order valence-corrected chi connectivity index (χ2v) is 7.16. The Balaban J connectivity index is 2.00. The minimum atomic E-state index is -0.889. The average Bonchev–Trinajstić information content (AvgIpc) is 2.89. The molecule has 0 spiro atoms. The third-order valence-corrected chi connectivity index (χ3v) is 5.18. The molecule has 5 nitrogen and oxygen atoms in total. The minimum Gasteiger partial charge on any atom is -0.481 e. The number of fused-ring (bicyclic) bond motifs is 1. The van der Waals surface area contributed by atoms with Crippen LogP contribution in [0.1, 0.15) is 47.0 Å². The third kappa shape index (κ3) is 2.48. The van der Waals surface area contributed by atoms with E-state index in [-0.39, 0.29) is 12.5 Å². The first kappa shape index (κ1) is 16.6. The fourth-order valence-corrected chi connectivity index (χ4v) is 3.61. The van der Waals surface area contributed by atoms with Crippen molar-refractivity contribution in [3.8, 4) is 0 Å². The van der Waals surface area contributed by atoms with E-state index >= 15 is 0 Å². The maximum atomic E-state index is 13.0. The number of furan rings is 1. The lowest BCUT2D eigenvalue weighted by Gasteiger charge is -2.37. The summed E-state index contributed by atoms with van der Waals surface area (Å²) in [4.78, 5) is 26.1. The predicted octanol–water partition coefficient (Wildman–Crippen LogP) is 3.68. The lowest BCUT2D eigenvalue weighted by molar-refractivity contribution is -0.150.